The van der Waals surface area contributed by atoms with E-state index in [1.54, 1.807) is 20.8 Å². The minimum atomic E-state index is -1.08. The van der Waals surface area contributed by atoms with Crippen molar-refractivity contribution in [1.82, 2.24) is 0 Å². The van der Waals surface area contributed by atoms with Gasteiger partial charge in [-0.1, -0.05) is 13.8 Å². The van der Waals surface area contributed by atoms with Gasteiger partial charge in [0, 0.05) is 14.9 Å². The van der Waals surface area contributed by atoms with Gasteiger partial charge >= 0.3 is 17.9 Å². The molecule has 2 N–H and O–H groups in total. The summed E-state index contributed by atoms with van der Waals surface area (Å²) in [5.41, 5.74) is -0.617. The molecule has 0 heterocycles. The van der Waals surface area contributed by atoms with Gasteiger partial charge in [-0.3, -0.25) is 14.4 Å². The predicted molar refractivity (Wildman–Crippen MR) is 88.3 cm³/mol. The highest BCUT2D eigenvalue weighted by Crippen LogP contribution is 2.21. The number of esters is 2. The molecular formula is C15H26F2O7S. The number of carbonyl (C=O) groups excluding carboxylic acids is 2. The molecule has 0 amide bonds. The lowest BCUT2D eigenvalue weighted by atomic mass is 9.91. The summed E-state index contributed by atoms with van der Waals surface area (Å²) in [4.78, 5) is 33.7. The Hall–Kier alpha value is -1.42. The van der Waals surface area contributed by atoms with Crippen LogP contribution in [0.25, 0.3) is 0 Å². The first-order valence-electron chi connectivity index (χ1n) is 7.55. The molecule has 0 aliphatic heterocycles. The number of hydrogen-bond donors (Lipinski definition) is 2. The summed E-state index contributed by atoms with van der Waals surface area (Å²) in [5, 5.41) is 18.3. The number of halogens is 2. The van der Waals surface area contributed by atoms with Gasteiger partial charge in [0.05, 0.1) is 17.1 Å². The molecule has 0 radical (unpaired) electrons. The summed E-state index contributed by atoms with van der Waals surface area (Å²) in [5.74, 6) is -2.11. The number of aliphatic hydroxyl groups is 1. The lowest BCUT2D eigenvalue weighted by Crippen LogP contribution is -2.31. The summed E-state index contributed by atoms with van der Waals surface area (Å²) < 4.78 is 25.8. The molecule has 25 heavy (non-hydrogen) atoms. The smallest absolute Gasteiger partial charge is 0.315 e. The molecule has 2 atom stereocenters. The highest BCUT2D eigenvalue weighted by molar-refractivity contribution is 7.99. The van der Waals surface area contributed by atoms with E-state index in [4.69, 9.17) is 23.7 Å². The molecule has 0 fully saturated rings. The van der Waals surface area contributed by atoms with Crippen molar-refractivity contribution in [3.05, 3.63) is 0 Å². The number of carbonyl (C=O) groups is 3. The first-order valence-corrected chi connectivity index (χ1v) is 8.71. The normalized spacial score (nSPS) is 13.1. The fourth-order valence-electron chi connectivity index (χ4n) is 1.18. The van der Waals surface area contributed by atoms with E-state index in [0.717, 1.165) is 11.8 Å². The van der Waals surface area contributed by atoms with E-state index in [0.29, 0.717) is 12.2 Å². The number of ether oxygens (including phenoxy) is 2. The van der Waals surface area contributed by atoms with Crippen LogP contribution < -0.4 is 0 Å². The summed E-state index contributed by atoms with van der Waals surface area (Å²) in [6.07, 6.45) is -0.471. The van der Waals surface area contributed by atoms with Gasteiger partial charge in [-0.15, -0.1) is 11.8 Å². The molecule has 0 spiro atoms. The third-order valence-electron chi connectivity index (χ3n) is 3.29. The second kappa shape index (κ2) is 13.8. The molecule has 2 unspecified atom stereocenters. The molecule has 0 saturated carbocycles. The van der Waals surface area contributed by atoms with Crippen LogP contribution in [0.15, 0.2) is 0 Å². The molecule has 0 aliphatic rings. The number of carboxylic acid groups (broad SMARTS) is 1. The SMILES string of the molecule is CCC(C)(C)C(=O)OCC(O)COC(=O)CSCC(C)C(=O)O.FF. The first kappa shape index (κ1) is 25.8. The van der Waals surface area contributed by atoms with Crippen molar-refractivity contribution in [2.45, 2.75) is 40.2 Å². The molecular weight excluding hydrogens is 362 g/mol. The van der Waals surface area contributed by atoms with Gasteiger partial charge < -0.3 is 19.7 Å². The van der Waals surface area contributed by atoms with Crippen molar-refractivity contribution in [3.8, 4) is 0 Å². The molecule has 0 aromatic heterocycles. The highest BCUT2D eigenvalue weighted by Gasteiger charge is 2.27. The number of hydrogen-bond acceptors (Lipinski definition) is 7. The quantitative estimate of drug-likeness (QED) is 0.518. The number of carboxylic acids is 1. The molecule has 0 rings (SSSR count). The van der Waals surface area contributed by atoms with Crippen LogP contribution >= 0.6 is 11.8 Å². The average molecular weight is 388 g/mol. The number of thioether (sulfide) groups is 1. The van der Waals surface area contributed by atoms with E-state index >= 15 is 0 Å². The van der Waals surface area contributed by atoms with E-state index in [1.165, 1.54) is 0 Å². The van der Waals surface area contributed by atoms with E-state index in [2.05, 4.69) is 0 Å². The van der Waals surface area contributed by atoms with Crippen molar-refractivity contribution in [1.29, 1.82) is 0 Å². The van der Waals surface area contributed by atoms with Gasteiger partial charge in [-0.25, -0.2) is 0 Å². The van der Waals surface area contributed by atoms with Crippen molar-refractivity contribution in [2.24, 2.45) is 11.3 Å². The van der Waals surface area contributed by atoms with Crippen molar-refractivity contribution in [2.75, 3.05) is 24.7 Å². The van der Waals surface area contributed by atoms with Crippen molar-refractivity contribution < 1.29 is 43.2 Å². The first-order chi connectivity index (χ1) is 11.6. The topological polar surface area (TPSA) is 110 Å². The molecule has 7 nitrogen and oxygen atoms in total. The van der Waals surface area contributed by atoms with E-state index < -0.39 is 35.3 Å². The zero-order chi connectivity index (χ0) is 20.0. The third-order valence-corrected chi connectivity index (χ3v) is 4.46. The number of aliphatic hydroxyl groups excluding tert-OH is 1. The Morgan fingerprint density at radius 2 is 1.68 bits per heavy atom. The van der Waals surface area contributed by atoms with Crippen LogP contribution in [0.4, 0.5) is 9.15 Å². The van der Waals surface area contributed by atoms with Crippen LogP contribution in [0.3, 0.4) is 0 Å². The van der Waals surface area contributed by atoms with Crippen LogP contribution in [0.1, 0.15) is 34.1 Å². The van der Waals surface area contributed by atoms with Gasteiger partial charge in [0.1, 0.15) is 19.3 Å². The van der Waals surface area contributed by atoms with Crippen LogP contribution in [0.5, 0.6) is 0 Å². The molecule has 0 aromatic rings. The van der Waals surface area contributed by atoms with Crippen LogP contribution in [-0.4, -0.2) is 58.9 Å². The second-order valence-corrected chi connectivity index (χ2v) is 6.96. The van der Waals surface area contributed by atoms with E-state index in [1.807, 2.05) is 6.92 Å². The molecule has 0 saturated heterocycles. The molecule has 0 aromatic carbocycles. The van der Waals surface area contributed by atoms with Gasteiger partial charge in [0.25, 0.3) is 0 Å². The van der Waals surface area contributed by atoms with Crippen molar-refractivity contribution >= 4 is 29.7 Å². The van der Waals surface area contributed by atoms with E-state index in [9.17, 15) is 19.5 Å². The van der Waals surface area contributed by atoms with E-state index in [-0.39, 0.29) is 19.0 Å². The maximum atomic E-state index is 11.7. The summed E-state index contributed by atoms with van der Waals surface area (Å²) in [6, 6.07) is 0. The summed E-state index contributed by atoms with van der Waals surface area (Å²) >= 11 is 1.15. The number of aliphatic carboxylic acids is 1. The Morgan fingerprint density at radius 1 is 1.16 bits per heavy atom. The molecule has 10 heteroatoms. The fourth-order valence-corrected chi connectivity index (χ4v) is 2.04. The largest absolute Gasteiger partial charge is 0.481 e. The number of rotatable bonds is 11. The van der Waals surface area contributed by atoms with Crippen LogP contribution in [-0.2, 0) is 23.9 Å². The Labute approximate surface area is 149 Å². The third kappa shape index (κ3) is 12.6. The average Bonchev–Trinajstić information content (AvgIpc) is 2.59. The minimum absolute atomic E-state index is 0.00694. The zero-order valence-electron chi connectivity index (χ0n) is 14.8. The maximum absolute atomic E-state index is 11.7. The van der Waals surface area contributed by atoms with Crippen LogP contribution in [0, 0.1) is 11.3 Å². The maximum Gasteiger partial charge on any atom is 0.315 e. The highest BCUT2D eigenvalue weighted by atomic mass is 32.2. The Balaban J connectivity index is 0. The molecule has 0 bridgehead atoms. The Morgan fingerprint density at radius 3 is 2.16 bits per heavy atom. The minimum Gasteiger partial charge on any atom is -0.481 e. The van der Waals surface area contributed by atoms with Gasteiger partial charge in [-0.05, 0) is 20.3 Å². The predicted octanol–water partition coefficient (Wildman–Crippen LogP) is 2.16. The lowest BCUT2D eigenvalue weighted by Gasteiger charge is -2.21. The van der Waals surface area contributed by atoms with Crippen molar-refractivity contribution in [3.63, 3.8) is 0 Å². The Kier molecular flexibility index (Phi) is 14.3. The van der Waals surface area contributed by atoms with Gasteiger partial charge in [-0.2, -0.15) is 0 Å². The molecule has 148 valence electrons. The van der Waals surface area contributed by atoms with Gasteiger partial charge in [0.15, 0.2) is 0 Å². The fraction of sp³-hybridized carbons (Fsp3) is 0.800. The lowest BCUT2D eigenvalue weighted by molar-refractivity contribution is -0.159. The standard InChI is InChI=1S/C15H26O7S.F2/c1-5-15(3,4)14(20)22-7-11(16)6-21-12(17)9-23-8-10(2)13(18)19;1-2/h10-11,16H,5-9H2,1-4H3,(H,18,19);. The zero-order valence-corrected chi connectivity index (χ0v) is 15.6. The van der Waals surface area contributed by atoms with Crippen LogP contribution in [0.2, 0.25) is 0 Å². The molecule has 0 aliphatic carbocycles. The second-order valence-electron chi connectivity index (χ2n) is 5.93. The summed E-state index contributed by atoms with van der Waals surface area (Å²) in [6.45, 7) is 6.40. The summed E-state index contributed by atoms with van der Waals surface area (Å²) in [7, 11) is 0. The van der Waals surface area contributed by atoms with Gasteiger partial charge in [0.2, 0.25) is 0 Å². The monoisotopic (exact) mass is 388 g/mol. The Bertz CT molecular complexity index is 419.